The first-order valence-electron chi connectivity index (χ1n) is 7.84. The van der Waals surface area contributed by atoms with Crippen molar-refractivity contribution in [2.75, 3.05) is 14.1 Å². The van der Waals surface area contributed by atoms with Gasteiger partial charge in [-0.15, -0.1) is 0 Å². The van der Waals surface area contributed by atoms with Gasteiger partial charge in [0, 0.05) is 11.6 Å². The molecular formula is C18H24N2O. The van der Waals surface area contributed by atoms with Crippen LogP contribution in [-0.2, 0) is 0 Å². The fourth-order valence-electron chi connectivity index (χ4n) is 3.78. The number of aromatic nitrogens is 1. The van der Waals surface area contributed by atoms with Gasteiger partial charge in [-0.2, -0.15) is 0 Å². The molecule has 3 nitrogen and oxygen atoms in total. The number of nitrogens with zero attached hydrogens (tertiary/aromatic N) is 2. The minimum absolute atomic E-state index is 0.150. The van der Waals surface area contributed by atoms with E-state index in [9.17, 15) is 5.11 Å². The van der Waals surface area contributed by atoms with Crippen LogP contribution in [-0.4, -0.2) is 34.6 Å². The second kappa shape index (κ2) is 5.74. The summed E-state index contributed by atoms with van der Waals surface area (Å²) in [4.78, 5) is 6.64. The first-order chi connectivity index (χ1) is 10.1. The minimum atomic E-state index is -0.472. The van der Waals surface area contributed by atoms with Crippen molar-refractivity contribution in [2.24, 2.45) is 0 Å². The summed E-state index contributed by atoms with van der Waals surface area (Å²) in [6.07, 6.45) is 7.10. The first-order valence-corrected chi connectivity index (χ1v) is 7.84. The quantitative estimate of drug-likeness (QED) is 0.936. The molecule has 0 aliphatic heterocycles. The molecule has 1 unspecified atom stereocenters. The Morgan fingerprint density at radius 1 is 1.10 bits per heavy atom. The monoisotopic (exact) mass is 284 g/mol. The average molecular weight is 284 g/mol. The van der Waals surface area contributed by atoms with Gasteiger partial charge < -0.3 is 10.0 Å². The summed E-state index contributed by atoms with van der Waals surface area (Å²) in [6, 6.07) is 10.1. The van der Waals surface area contributed by atoms with Crippen molar-refractivity contribution in [1.82, 2.24) is 9.88 Å². The Balaban J connectivity index is 2.08. The molecule has 1 aliphatic carbocycles. The van der Waals surface area contributed by atoms with E-state index in [1.165, 1.54) is 19.3 Å². The summed E-state index contributed by atoms with van der Waals surface area (Å²) in [5, 5.41) is 12.3. The van der Waals surface area contributed by atoms with Gasteiger partial charge in [0.1, 0.15) is 0 Å². The van der Waals surface area contributed by atoms with Crippen molar-refractivity contribution in [2.45, 2.75) is 43.7 Å². The Bertz CT molecular complexity index is 612. The molecule has 21 heavy (non-hydrogen) atoms. The van der Waals surface area contributed by atoms with Crippen LogP contribution in [0.2, 0.25) is 0 Å². The summed E-state index contributed by atoms with van der Waals surface area (Å²) in [7, 11) is 4.19. The van der Waals surface area contributed by atoms with Gasteiger partial charge in [0.25, 0.3) is 0 Å². The smallest absolute Gasteiger partial charge is 0.0979 e. The Labute approximate surface area is 126 Å². The molecule has 3 heteroatoms. The number of aliphatic hydroxyl groups is 1. The van der Waals surface area contributed by atoms with Crippen molar-refractivity contribution in [3.63, 3.8) is 0 Å². The van der Waals surface area contributed by atoms with E-state index in [0.717, 1.165) is 29.3 Å². The lowest BCUT2D eigenvalue weighted by atomic mass is 9.74. The van der Waals surface area contributed by atoms with E-state index in [-0.39, 0.29) is 5.54 Å². The van der Waals surface area contributed by atoms with Gasteiger partial charge in [-0.3, -0.25) is 4.98 Å². The molecule has 0 bridgehead atoms. The van der Waals surface area contributed by atoms with E-state index in [2.05, 4.69) is 36.1 Å². The Morgan fingerprint density at radius 3 is 2.57 bits per heavy atom. The average Bonchev–Trinajstić information content (AvgIpc) is 2.54. The second-order valence-electron chi connectivity index (χ2n) is 6.38. The zero-order valence-corrected chi connectivity index (χ0v) is 12.9. The number of benzene rings is 1. The molecule has 1 fully saturated rings. The first kappa shape index (κ1) is 14.5. The lowest BCUT2D eigenvalue weighted by Gasteiger charge is -2.46. The SMILES string of the molecule is CN(C)C1(C(O)c2cccc3ncccc23)CCCCC1. The number of aliphatic hydroxyl groups excluding tert-OH is 1. The number of likely N-dealkylation sites (N-methyl/N-ethyl adjacent to an activating group) is 1. The van der Waals surface area contributed by atoms with Crippen LogP contribution < -0.4 is 0 Å². The van der Waals surface area contributed by atoms with Gasteiger partial charge in [-0.1, -0.05) is 37.5 Å². The minimum Gasteiger partial charge on any atom is -0.386 e. The predicted octanol–water partition coefficient (Wildman–Crippen LogP) is 3.53. The lowest BCUT2D eigenvalue weighted by Crippen LogP contribution is -2.50. The summed E-state index contributed by atoms with van der Waals surface area (Å²) in [5.41, 5.74) is 1.82. The molecule has 3 rings (SSSR count). The molecule has 1 aromatic heterocycles. The lowest BCUT2D eigenvalue weighted by molar-refractivity contribution is -0.0328. The maximum atomic E-state index is 11.2. The Hall–Kier alpha value is -1.45. The van der Waals surface area contributed by atoms with E-state index in [0.29, 0.717) is 0 Å². The number of fused-ring (bicyclic) bond motifs is 1. The van der Waals surface area contributed by atoms with Crippen LogP contribution in [0.1, 0.15) is 43.8 Å². The summed E-state index contributed by atoms with van der Waals surface area (Å²) in [5.74, 6) is 0. The van der Waals surface area contributed by atoms with Gasteiger partial charge in [0.05, 0.1) is 17.2 Å². The van der Waals surface area contributed by atoms with Crippen LogP contribution in [0.5, 0.6) is 0 Å². The molecule has 0 amide bonds. The largest absolute Gasteiger partial charge is 0.386 e. The van der Waals surface area contributed by atoms with E-state index < -0.39 is 6.10 Å². The summed E-state index contributed by atoms with van der Waals surface area (Å²) in [6.45, 7) is 0. The molecular weight excluding hydrogens is 260 g/mol. The highest BCUT2D eigenvalue weighted by Gasteiger charge is 2.42. The highest BCUT2D eigenvalue weighted by atomic mass is 16.3. The van der Waals surface area contributed by atoms with Crippen LogP contribution in [0, 0.1) is 0 Å². The third-order valence-electron chi connectivity index (χ3n) is 5.09. The van der Waals surface area contributed by atoms with Gasteiger partial charge in [0.2, 0.25) is 0 Å². The molecule has 0 radical (unpaired) electrons. The molecule has 1 aliphatic rings. The van der Waals surface area contributed by atoms with E-state index in [1.54, 1.807) is 6.20 Å². The van der Waals surface area contributed by atoms with Crippen molar-refractivity contribution < 1.29 is 5.11 Å². The van der Waals surface area contributed by atoms with E-state index in [4.69, 9.17) is 0 Å². The zero-order valence-electron chi connectivity index (χ0n) is 12.9. The molecule has 0 spiro atoms. The Morgan fingerprint density at radius 2 is 1.86 bits per heavy atom. The fourth-order valence-corrected chi connectivity index (χ4v) is 3.78. The third kappa shape index (κ3) is 2.45. The number of rotatable bonds is 3. The van der Waals surface area contributed by atoms with Gasteiger partial charge in [0.15, 0.2) is 0 Å². The van der Waals surface area contributed by atoms with Gasteiger partial charge in [-0.05, 0) is 44.6 Å². The van der Waals surface area contributed by atoms with Crippen molar-refractivity contribution in [1.29, 1.82) is 0 Å². The molecule has 1 N–H and O–H groups in total. The second-order valence-corrected chi connectivity index (χ2v) is 6.38. The molecule has 112 valence electrons. The van der Waals surface area contributed by atoms with Crippen LogP contribution in [0.4, 0.5) is 0 Å². The van der Waals surface area contributed by atoms with Crippen LogP contribution in [0.25, 0.3) is 10.9 Å². The van der Waals surface area contributed by atoms with E-state index in [1.807, 2.05) is 18.2 Å². The Kier molecular flexibility index (Phi) is 3.96. The molecule has 1 heterocycles. The van der Waals surface area contributed by atoms with Gasteiger partial charge in [-0.25, -0.2) is 0 Å². The normalized spacial score (nSPS) is 19.8. The van der Waals surface area contributed by atoms with Crippen LogP contribution in [0.15, 0.2) is 36.5 Å². The summed E-state index contributed by atoms with van der Waals surface area (Å²) < 4.78 is 0. The molecule has 2 aromatic rings. The number of hydrogen-bond donors (Lipinski definition) is 1. The van der Waals surface area contributed by atoms with Gasteiger partial charge >= 0.3 is 0 Å². The molecule has 1 atom stereocenters. The van der Waals surface area contributed by atoms with Crippen molar-refractivity contribution >= 4 is 10.9 Å². The standard InChI is InChI=1S/C18H24N2O/c1-20(2)18(11-4-3-5-12-18)17(21)15-8-6-10-16-14(15)9-7-13-19-16/h6-10,13,17,21H,3-5,11-12H2,1-2H3. The van der Waals surface area contributed by atoms with Crippen molar-refractivity contribution in [3.8, 4) is 0 Å². The zero-order chi connectivity index (χ0) is 14.9. The number of hydrogen-bond acceptors (Lipinski definition) is 3. The highest BCUT2D eigenvalue weighted by molar-refractivity contribution is 5.82. The van der Waals surface area contributed by atoms with Crippen LogP contribution in [0.3, 0.4) is 0 Å². The third-order valence-corrected chi connectivity index (χ3v) is 5.09. The fraction of sp³-hybridized carbons (Fsp3) is 0.500. The highest BCUT2D eigenvalue weighted by Crippen LogP contribution is 2.43. The van der Waals surface area contributed by atoms with Crippen molar-refractivity contribution in [3.05, 3.63) is 42.1 Å². The van der Waals surface area contributed by atoms with E-state index >= 15 is 0 Å². The topological polar surface area (TPSA) is 36.4 Å². The molecule has 1 saturated carbocycles. The maximum absolute atomic E-state index is 11.2. The predicted molar refractivity (Wildman–Crippen MR) is 86.2 cm³/mol. The van der Waals surface area contributed by atoms with Crippen LogP contribution >= 0.6 is 0 Å². The molecule has 1 aromatic carbocycles. The summed E-state index contributed by atoms with van der Waals surface area (Å²) >= 11 is 0. The maximum Gasteiger partial charge on any atom is 0.0979 e. The molecule has 0 saturated heterocycles. The number of pyridine rings is 1.